The minimum absolute atomic E-state index is 0.0698. The smallest absolute Gasteiger partial charge is 0.323 e. The summed E-state index contributed by atoms with van der Waals surface area (Å²) in [5, 5.41) is 9.19. The third-order valence-electron chi connectivity index (χ3n) is 2.82. The van der Waals surface area contributed by atoms with Gasteiger partial charge in [-0.15, -0.1) is 11.8 Å². The van der Waals surface area contributed by atoms with Crippen molar-refractivity contribution in [2.75, 3.05) is 11.4 Å². The maximum atomic E-state index is 11.0. The van der Waals surface area contributed by atoms with E-state index in [4.69, 9.17) is 17.3 Å². The molecule has 0 bridgehead atoms. The molecule has 1 N–H and O–H groups in total. The molecule has 5 heteroatoms. The highest BCUT2D eigenvalue weighted by atomic mass is 32.2. The van der Waals surface area contributed by atoms with Gasteiger partial charge in [-0.05, 0) is 18.1 Å². The largest absolute Gasteiger partial charge is 0.480 e. The van der Waals surface area contributed by atoms with Crippen molar-refractivity contribution in [3.8, 4) is 0 Å². The number of carboxylic acids is 1. The van der Waals surface area contributed by atoms with Crippen LogP contribution in [0.4, 0.5) is 5.69 Å². The fourth-order valence-electron chi connectivity index (χ4n) is 1.96. The first-order valence-electron chi connectivity index (χ1n) is 5.79. The molecule has 0 amide bonds. The van der Waals surface area contributed by atoms with Gasteiger partial charge >= 0.3 is 5.97 Å². The van der Waals surface area contributed by atoms with Gasteiger partial charge in [0.15, 0.2) is 0 Å². The average molecular weight is 281 g/mol. The van der Waals surface area contributed by atoms with E-state index in [0.717, 1.165) is 15.6 Å². The summed E-state index contributed by atoms with van der Waals surface area (Å²) in [6, 6.07) is 7.82. The molecule has 3 nitrogen and oxygen atoms in total. The fourth-order valence-corrected chi connectivity index (χ4v) is 3.77. The van der Waals surface area contributed by atoms with Gasteiger partial charge in [0, 0.05) is 4.90 Å². The number of fused-ring (bicyclic) bond motifs is 1. The van der Waals surface area contributed by atoms with E-state index in [0.29, 0.717) is 5.92 Å². The number of anilines is 1. The lowest BCUT2D eigenvalue weighted by Gasteiger charge is -2.36. The zero-order valence-corrected chi connectivity index (χ0v) is 11.9. The van der Waals surface area contributed by atoms with Gasteiger partial charge in [0.05, 0.1) is 15.9 Å². The summed E-state index contributed by atoms with van der Waals surface area (Å²) in [4.78, 5) is 14.6. The van der Waals surface area contributed by atoms with Crippen LogP contribution in [0.1, 0.15) is 13.8 Å². The fraction of sp³-hybridized carbons (Fsp3) is 0.385. The number of para-hydroxylation sites is 1. The van der Waals surface area contributed by atoms with E-state index in [-0.39, 0.29) is 11.8 Å². The number of carboxylic acid groups (broad SMARTS) is 1. The molecule has 0 aliphatic carbocycles. The van der Waals surface area contributed by atoms with Crippen molar-refractivity contribution in [3.63, 3.8) is 0 Å². The molecule has 1 unspecified atom stereocenters. The van der Waals surface area contributed by atoms with Crippen LogP contribution in [0.2, 0.25) is 0 Å². The molecular formula is C13H15NO2S2. The standard InChI is InChI=1S/C13H15NO2S2/c1-8(2)12-13(17)14(7-11(15)16)9-5-3-4-6-10(9)18-12/h3-6,8,12H,7H2,1-2H3,(H,15,16). The van der Waals surface area contributed by atoms with E-state index in [9.17, 15) is 4.79 Å². The van der Waals surface area contributed by atoms with Crippen molar-refractivity contribution in [3.05, 3.63) is 24.3 Å². The number of carbonyl (C=O) groups is 1. The predicted molar refractivity (Wildman–Crippen MR) is 78.5 cm³/mol. The van der Waals surface area contributed by atoms with E-state index in [1.807, 2.05) is 24.3 Å². The van der Waals surface area contributed by atoms with Crippen molar-refractivity contribution in [2.45, 2.75) is 24.0 Å². The van der Waals surface area contributed by atoms with Gasteiger partial charge in [0.2, 0.25) is 0 Å². The number of aliphatic carboxylic acids is 1. The normalized spacial score (nSPS) is 18.9. The zero-order chi connectivity index (χ0) is 13.3. The summed E-state index contributed by atoms with van der Waals surface area (Å²) < 4.78 is 0. The molecule has 18 heavy (non-hydrogen) atoms. The Bertz CT molecular complexity index is 488. The maximum Gasteiger partial charge on any atom is 0.323 e. The molecular weight excluding hydrogens is 266 g/mol. The molecule has 0 saturated carbocycles. The molecule has 1 aromatic rings. The van der Waals surface area contributed by atoms with Gasteiger partial charge in [-0.1, -0.05) is 38.2 Å². The van der Waals surface area contributed by atoms with E-state index >= 15 is 0 Å². The lowest BCUT2D eigenvalue weighted by molar-refractivity contribution is -0.135. The van der Waals surface area contributed by atoms with E-state index in [1.54, 1.807) is 16.7 Å². The highest BCUT2D eigenvalue weighted by Gasteiger charge is 2.32. The summed E-state index contributed by atoms with van der Waals surface area (Å²) in [5.41, 5.74) is 0.909. The van der Waals surface area contributed by atoms with E-state index < -0.39 is 5.97 Å². The number of thiocarbonyl (C=S) groups is 1. The minimum atomic E-state index is -0.860. The van der Waals surface area contributed by atoms with Gasteiger partial charge in [-0.2, -0.15) is 0 Å². The SMILES string of the molecule is CC(C)C1Sc2ccccc2N(CC(=O)O)C1=S. The number of hydrogen-bond donors (Lipinski definition) is 1. The van der Waals surface area contributed by atoms with Crippen molar-refractivity contribution in [2.24, 2.45) is 5.92 Å². The first kappa shape index (κ1) is 13.4. The number of nitrogens with zero attached hydrogens (tertiary/aromatic N) is 1. The number of benzene rings is 1. The lowest BCUT2D eigenvalue weighted by atomic mass is 10.1. The molecule has 0 fully saturated rings. The van der Waals surface area contributed by atoms with Crippen LogP contribution in [0.15, 0.2) is 29.2 Å². The second kappa shape index (κ2) is 5.28. The molecule has 0 radical (unpaired) electrons. The second-order valence-corrected chi connectivity index (χ2v) is 6.17. The first-order chi connectivity index (χ1) is 8.50. The van der Waals surface area contributed by atoms with Crippen LogP contribution in [0.3, 0.4) is 0 Å². The van der Waals surface area contributed by atoms with E-state index in [2.05, 4.69) is 13.8 Å². The van der Waals surface area contributed by atoms with Crippen LogP contribution >= 0.6 is 24.0 Å². The highest BCUT2D eigenvalue weighted by Crippen LogP contribution is 2.41. The van der Waals surface area contributed by atoms with Gasteiger partial charge in [0.25, 0.3) is 0 Å². The molecule has 1 aromatic carbocycles. The van der Waals surface area contributed by atoms with Crippen molar-refractivity contribution < 1.29 is 9.90 Å². The topological polar surface area (TPSA) is 40.5 Å². The lowest BCUT2D eigenvalue weighted by Crippen LogP contribution is -2.44. The molecule has 1 heterocycles. The highest BCUT2D eigenvalue weighted by molar-refractivity contribution is 8.02. The van der Waals surface area contributed by atoms with Crippen LogP contribution in [-0.4, -0.2) is 27.9 Å². The van der Waals surface area contributed by atoms with E-state index in [1.165, 1.54) is 0 Å². The molecule has 96 valence electrons. The summed E-state index contributed by atoms with van der Waals surface area (Å²) in [6.45, 7) is 4.15. The van der Waals surface area contributed by atoms with Crippen LogP contribution in [0, 0.1) is 5.92 Å². The van der Waals surface area contributed by atoms with Crippen LogP contribution in [0.25, 0.3) is 0 Å². The molecule has 0 aromatic heterocycles. The Kier molecular flexibility index (Phi) is 3.92. The van der Waals surface area contributed by atoms with Gasteiger partial charge in [-0.25, -0.2) is 0 Å². The Morgan fingerprint density at radius 3 is 2.78 bits per heavy atom. The number of thioether (sulfide) groups is 1. The zero-order valence-electron chi connectivity index (χ0n) is 10.3. The monoisotopic (exact) mass is 281 g/mol. The second-order valence-electron chi connectivity index (χ2n) is 4.57. The Labute approximate surface area is 116 Å². The Morgan fingerprint density at radius 1 is 1.50 bits per heavy atom. The molecule has 0 spiro atoms. The summed E-state index contributed by atoms with van der Waals surface area (Å²) >= 11 is 7.19. The van der Waals surface area contributed by atoms with Crippen molar-refractivity contribution >= 4 is 40.6 Å². The van der Waals surface area contributed by atoms with Gasteiger partial charge in [-0.3, -0.25) is 4.79 Å². The molecule has 1 atom stereocenters. The Hall–Kier alpha value is -1.07. The quantitative estimate of drug-likeness (QED) is 0.862. The molecule has 1 aliphatic heterocycles. The Balaban J connectivity index is 2.42. The third kappa shape index (κ3) is 2.52. The molecule has 1 aliphatic rings. The average Bonchev–Trinajstić information content (AvgIpc) is 2.31. The first-order valence-corrected chi connectivity index (χ1v) is 7.08. The number of hydrogen-bond acceptors (Lipinski definition) is 3. The third-order valence-corrected chi connectivity index (χ3v) is 5.06. The van der Waals surface area contributed by atoms with Crippen LogP contribution in [-0.2, 0) is 4.79 Å². The number of rotatable bonds is 3. The van der Waals surface area contributed by atoms with Crippen molar-refractivity contribution in [1.29, 1.82) is 0 Å². The molecule has 2 rings (SSSR count). The van der Waals surface area contributed by atoms with Crippen LogP contribution < -0.4 is 4.90 Å². The summed E-state index contributed by atoms with van der Waals surface area (Å²) in [7, 11) is 0. The molecule has 0 saturated heterocycles. The van der Waals surface area contributed by atoms with Gasteiger partial charge < -0.3 is 10.0 Å². The minimum Gasteiger partial charge on any atom is -0.480 e. The summed E-state index contributed by atoms with van der Waals surface area (Å²) in [5.74, 6) is -0.478. The Morgan fingerprint density at radius 2 is 2.17 bits per heavy atom. The van der Waals surface area contributed by atoms with Crippen LogP contribution in [0.5, 0.6) is 0 Å². The van der Waals surface area contributed by atoms with Crippen molar-refractivity contribution in [1.82, 2.24) is 0 Å². The summed E-state index contributed by atoms with van der Waals surface area (Å²) in [6.07, 6.45) is 0. The van der Waals surface area contributed by atoms with Gasteiger partial charge in [0.1, 0.15) is 6.54 Å². The predicted octanol–water partition coefficient (Wildman–Crippen LogP) is 3.04. The maximum absolute atomic E-state index is 11.0.